The van der Waals surface area contributed by atoms with Crippen LogP contribution < -0.4 is 16.1 Å². The molecule has 9 heteroatoms. The monoisotopic (exact) mass is 302 g/mol. The van der Waals surface area contributed by atoms with Crippen LogP contribution in [0.1, 0.15) is 10.4 Å². The van der Waals surface area contributed by atoms with Crippen LogP contribution in [-0.4, -0.2) is 28.5 Å². The van der Waals surface area contributed by atoms with E-state index < -0.39 is 35.6 Å². The molecule has 0 atom stereocenters. The summed E-state index contributed by atoms with van der Waals surface area (Å²) in [6.45, 7) is -1.74. The van der Waals surface area contributed by atoms with Crippen molar-refractivity contribution in [3.63, 3.8) is 0 Å². The fraction of sp³-hybridized carbons (Fsp3) is 0.167. The predicted octanol–water partition coefficient (Wildman–Crippen LogP) is 0.797. The number of fused-ring (bicyclic) bond motifs is 1. The summed E-state index contributed by atoms with van der Waals surface area (Å²) < 4.78 is 37.0. The highest BCUT2D eigenvalue weighted by atomic mass is 19.4. The Morgan fingerprint density at radius 1 is 1.33 bits per heavy atom. The lowest BCUT2D eigenvalue weighted by molar-refractivity contribution is -0.174. The third kappa shape index (κ3) is 2.76. The predicted molar refractivity (Wildman–Crippen MR) is 65.9 cm³/mol. The third-order valence-corrected chi connectivity index (χ3v) is 2.62. The highest BCUT2D eigenvalue weighted by Crippen LogP contribution is 2.25. The Kier molecular flexibility index (Phi) is 3.50. The Balaban J connectivity index is 2.73. The number of amides is 1. The summed E-state index contributed by atoms with van der Waals surface area (Å²) in [6, 6.07) is 5.46. The fourth-order valence-corrected chi connectivity index (χ4v) is 1.79. The average Bonchev–Trinajstić information content (AvgIpc) is 2.37. The van der Waals surface area contributed by atoms with E-state index in [4.69, 9.17) is 5.73 Å². The zero-order valence-corrected chi connectivity index (χ0v) is 10.3. The first-order chi connectivity index (χ1) is 9.72. The van der Waals surface area contributed by atoms with Crippen LogP contribution in [0, 0.1) is 0 Å². The number of carbonyl (C=O) groups excluding carboxylic acids is 1. The number of halogens is 3. The molecule has 0 aliphatic carbocycles. The molecule has 1 aromatic heterocycles. The van der Waals surface area contributed by atoms with E-state index in [9.17, 15) is 27.9 Å². The normalized spacial score (nSPS) is 11.6. The second kappa shape index (κ2) is 5.00. The lowest BCUT2D eigenvalue weighted by Crippen LogP contribution is -2.37. The number of benzene rings is 1. The zero-order chi connectivity index (χ0) is 15.8. The van der Waals surface area contributed by atoms with Crippen LogP contribution in [-0.2, 0) is 0 Å². The van der Waals surface area contributed by atoms with E-state index in [0.29, 0.717) is 4.73 Å². The smallest absolute Gasteiger partial charge is 0.425 e. The summed E-state index contributed by atoms with van der Waals surface area (Å²) in [4.78, 5) is 27.6. The van der Waals surface area contributed by atoms with Gasteiger partial charge in [-0.3, -0.25) is 9.59 Å². The van der Waals surface area contributed by atoms with Gasteiger partial charge in [-0.05, 0) is 12.1 Å². The van der Waals surface area contributed by atoms with Crippen molar-refractivity contribution in [1.29, 1.82) is 0 Å². The molecule has 2 aromatic rings. The van der Waals surface area contributed by atoms with Crippen molar-refractivity contribution in [1.82, 2.24) is 4.73 Å². The molecule has 3 N–H and O–H groups in total. The quantitative estimate of drug-likeness (QED) is 0.876. The second-order valence-electron chi connectivity index (χ2n) is 4.09. The summed E-state index contributed by atoms with van der Waals surface area (Å²) >= 11 is 0. The largest absolute Gasteiger partial charge is 0.506 e. The van der Waals surface area contributed by atoms with Gasteiger partial charge in [-0.2, -0.15) is 13.2 Å². The minimum absolute atomic E-state index is 0.0342. The molecule has 1 aromatic carbocycles. The number of rotatable bonds is 3. The minimum Gasteiger partial charge on any atom is -0.506 e. The van der Waals surface area contributed by atoms with Crippen molar-refractivity contribution in [3.8, 4) is 5.75 Å². The number of aromatic nitrogens is 1. The number of pyridine rings is 1. The van der Waals surface area contributed by atoms with E-state index in [2.05, 4.69) is 4.84 Å². The van der Waals surface area contributed by atoms with Gasteiger partial charge in [0.05, 0.1) is 5.52 Å². The van der Waals surface area contributed by atoms with Gasteiger partial charge in [0, 0.05) is 5.39 Å². The molecule has 0 radical (unpaired) electrons. The molecule has 0 aliphatic rings. The van der Waals surface area contributed by atoms with Gasteiger partial charge in [0.25, 0.3) is 11.5 Å². The number of para-hydroxylation sites is 1. The lowest BCUT2D eigenvalue weighted by atomic mass is 10.1. The molecule has 0 spiro atoms. The maximum Gasteiger partial charge on any atom is 0.425 e. The van der Waals surface area contributed by atoms with Crippen LogP contribution in [0.3, 0.4) is 0 Å². The van der Waals surface area contributed by atoms with Crippen molar-refractivity contribution >= 4 is 16.8 Å². The van der Waals surface area contributed by atoms with Gasteiger partial charge >= 0.3 is 6.18 Å². The Morgan fingerprint density at radius 2 is 1.95 bits per heavy atom. The Morgan fingerprint density at radius 3 is 2.52 bits per heavy atom. The summed E-state index contributed by atoms with van der Waals surface area (Å²) in [5, 5.41) is 9.83. The van der Waals surface area contributed by atoms with E-state index in [1.807, 2.05) is 0 Å². The van der Waals surface area contributed by atoms with Crippen molar-refractivity contribution in [2.45, 2.75) is 6.18 Å². The number of alkyl halides is 3. The number of carbonyl (C=O) groups is 1. The van der Waals surface area contributed by atoms with E-state index in [0.717, 1.165) is 0 Å². The van der Waals surface area contributed by atoms with Crippen molar-refractivity contribution in [2.24, 2.45) is 5.73 Å². The summed E-state index contributed by atoms with van der Waals surface area (Å²) in [6.07, 6.45) is -4.68. The van der Waals surface area contributed by atoms with Crippen molar-refractivity contribution in [2.75, 3.05) is 6.61 Å². The van der Waals surface area contributed by atoms with Crippen LogP contribution in [0.4, 0.5) is 13.2 Å². The first-order valence-electron chi connectivity index (χ1n) is 5.59. The maximum atomic E-state index is 12.2. The number of aromatic hydroxyl groups is 1. The molecule has 0 unspecified atom stereocenters. The fourth-order valence-electron chi connectivity index (χ4n) is 1.79. The molecule has 6 nitrogen and oxygen atoms in total. The van der Waals surface area contributed by atoms with Crippen molar-refractivity contribution < 1.29 is 27.9 Å². The molecule has 0 saturated heterocycles. The SMILES string of the molecule is NC(=O)c1c(O)c2ccccc2n(OCC(F)(F)F)c1=O. The standard InChI is InChI=1S/C12H9F3N2O4/c13-12(14,15)5-21-17-7-4-2-1-3-6(7)9(18)8(10(16)19)11(17)20/h1-4,18H,5H2,(H2,16,19). The molecule has 0 saturated carbocycles. The highest BCUT2D eigenvalue weighted by Gasteiger charge is 2.30. The van der Waals surface area contributed by atoms with Crippen molar-refractivity contribution in [3.05, 3.63) is 40.2 Å². The van der Waals surface area contributed by atoms with Gasteiger partial charge in [0.2, 0.25) is 6.61 Å². The number of nitrogens with two attached hydrogens (primary N) is 1. The van der Waals surface area contributed by atoms with Crippen LogP contribution in [0.15, 0.2) is 29.1 Å². The Hall–Kier alpha value is -2.71. The second-order valence-corrected chi connectivity index (χ2v) is 4.09. The number of nitrogens with zero attached hydrogens (tertiary/aromatic N) is 1. The van der Waals surface area contributed by atoms with Crippen LogP contribution in [0.25, 0.3) is 10.9 Å². The van der Waals surface area contributed by atoms with Crippen LogP contribution >= 0.6 is 0 Å². The molecule has 112 valence electrons. The summed E-state index contributed by atoms with van der Waals surface area (Å²) in [7, 11) is 0. The van der Waals surface area contributed by atoms with E-state index >= 15 is 0 Å². The van der Waals surface area contributed by atoms with Gasteiger partial charge in [-0.1, -0.05) is 12.1 Å². The van der Waals surface area contributed by atoms with E-state index in [1.165, 1.54) is 24.3 Å². The zero-order valence-electron chi connectivity index (χ0n) is 10.3. The third-order valence-electron chi connectivity index (χ3n) is 2.62. The molecule has 2 rings (SSSR count). The van der Waals surface area contributed by atoms with Crippen LogP contribution in [0.2, 0.25) is 0 Å². The van der Waals surface area contributed by atoms with Gasteiger partial charge in [-0.25, -0.2) is 0 Å². The summed E-state index contributed by atoms with van der Waals surface area (Å²) in [5.74, 6) is -1.97. The Bertz CT molecular complexity index is 767. The maximum absolute atomic E-state index is 12.2. The first kappa shape index (κ1) is 14.7. The molecule has 21 heavy (non-hydrogen) atoms. The van der Waals surface area contributed by atoms with Gasteiger partial charge < -0.3 is 15.7 Å². The first-order valence-corrected chi connectivity index (χ1v) is 5.59. The van der Waals surface area contributed by atoms with Gasteiger partial charge in [-0.15, -0.1) is 4.73 Å². The molecule has 0 aliphatic heterocycles. The molecular weight excluding hydrogens is 293 g/mol. The number of hydrogen-bond acceptors (Lipinski definition) is 4. The number of primary amides is 1. The summed E-state index contributed by atoms with van der Waals surface area (Å²) in [5.41, 5.74) is 2.75. The van der Waals surface area contributed by atoms with E-state index in [1.54, 1.807) is 0 Å². The average molecular weight is 302 g/mol. The van der Waals surface area contributed by atoms with Gasteiger partial charge in [0.1, 0.15) is 11.3 Å². The van der Waals surface area contributed by atoms with Crippen LogP contribution in [0.5, 0.6) is 5.75 Å². The highest BCUT2D eigenvalue weighted by molar-refractivity contribution is 6.01. The van der Waals surface area contributed by atoms with E-state index in [-0.39, 0.29) is 10.9 Å². The molecule has 0 bridgehead atoms. The molecular formula is C12H9F3N2O4. The Labute approximate surface area is 115 Å². The molecule has 1 amide bonds. The molecule has 0 fully saturated rings. The minimum atomic E-state index is -4.68. The van der Waals surface area contributed by atoms with Gasteiger partial charge in [0.15, 0.2) is 0 Å². The topological polar surface area (TPSA) is 94.6 Å². The molecule has 1 heterocycles. The lowest BCUT2D eigenvalue weighted by Gasteiger charge is -2.15. The number of hydrogen-bond donors (Lipinski definition) is 2.